The molecule has 1 unspecified atom stereocenters. The van der Waals surface area contributed by atoms with Gasteiger partial charge in [-0.2, -0.15) is 5.48 Å². The number of hydrogen-bond acceptors (Lipinski definition) is 5. The number of nitrogens with zero attached hydrogens (tertiary/aromatic N) is 1. The summed E-state index contributed by atoms with van der Waals surface area (Å²) in [6.07, 6.45) is -0.476. The molecular formula is C19H20N2O4. The van der Waals surface area contributed by atoms with Crippen LogP contribution >= 0.6 is 0 Å². The van der Waals surface area contributed by atoms with Crippen LogP contribution in [0.15, 0.2) is 60.7 Å². The Kier molecular flexibility index (Phi) is 5.77. The van der Waals surface area contributed by atoms with E-state index in [0.29, 0.717) is 13.2 Å². The summed E-state index contributed by atoms with van der Waals surface area (Å²) in [5, 5.41) is 0. The summed E-state index contributed by atoms with van der Waals surface area (Å²) >= 11 is 0. The summed E-state index contributed by atoms with van der Waals surface area (Å²) in [5.74, 6) is -0.285. The first kappa shape index (κ1) is 17.1. The monoisotopic (exact) mass is 340 g/mol. The van der Waals surface area contributed by atoms with Crippen LogP contribution in [0.5, 0.6) is 0 Å². The van der Waals surface area contributed by atoms with Crippen molar-refractivity contribution < 1.29 is 19.2 Å². The molecule has 2 amide bonds. The molecule has 0 saturated carbocycles. The number of cyclic esters (lactones) is 1. The van der Waals surface area contributed by atoms with Crippen molar-refractivity contribution in [3.8, 4) is 0 Å². The maximum absolute atomic E-state index is 12.4. The number of nitrogens with one attached hydrogen (secondary N) is 1. The van der Waals surface area contributed by atoms with Crippen molar-refractivity contribution in [1.82, 2.24) is 10.4 Å². The number of hydroxylamine groups is 1. The lowest BCUT2D eigenvalue weighted by Crippen LogP contribution is -2.35. The van der Waals surface area contributed by atoms with E-state index in [-0.39, 0.29) is 25.0 Å². The van der Waals surface area contributed by atoms with E-state index in [2.05, 4.69) is 5.48 Å². The smallest absolute Gasteiger partial charge is 0.416 e. The van der Waals surface area contributed by atoms with Gasteiger partial charge in [-0.3, -0.25) is 9.63 Å². The van der Waals surface area contributed by atoms with Crippen LogP contribution in [0.1, 0.15) is 23.6 Å². The highest BCUT2D eigenvalue weighted by Crippen LogP contribution is 2.19. The average Bonchev–Trinajstić information content (AvgIpc) is 3.08. The predicted molar refractivity (Wildman–Crippen MR) is 91.2 cm³/mol. The van der Waals surface area contributed by atoms with Crippen molar-refractivity contribution in [3.63, 3.8) is 0 Å². The van der Waals surface area contributed by atoms with Gasteiger partial charge < -0.3 is 4.74 Å². The largest absolute Gasteiger partial charge is 0.447 e. The third-order valence-corrected chi connectivity index (χ3v) is 3.95. The first-order valence-electron chi connectivity index (χ1n) is 8.17. The Morgan fingerprint density at radius 1 is 1.12 bits per heavy atom. The fourth-order valence-electron chi connectivity index (χ4n) is 2.62. The average molecular weight is 340 g/mol. The zero-order chi connectivity index (χ0) is 17.5. The molecule has 1 atom stereocenters. The molecular weight excluding hydrogens is 320 g/mol. The van der Waals surface area contributed by atoms with E-state index in [1.54, 1.807) is 0 Å². The van der Waals surface area contributed by atoms with Gasteiger partial charge in [-0.05, 0) is 11.1 Å². The molecule has 0 radical (unpaired) electrons. The molecule has 1 fully saturated rings. The van der Waals surface area contributed by atoms with Gasteiger partial charge in [-0.1, -0.05) is 60.7 Å². The quantitative estimate of drug-likeness (QED) is 0.785. The van der Waals surface area contributed by atoms with Crippen LogP contribution in [0.2, 0.25) is 0 Å². The Labute approximate surface area is 146 Å². The lowest BCUT2D eigenvalue weighted by molar-refractivity contribution is -0.129. The molecule has 0 aromatic heterocycles. The summed E-state index contributed by atoms with van der Waals surface area (Å²) in [4.78, 5) is 30.7. The fourth-order valence-corrected chi connectivity index (χ4v) is 2.62. The Morgan fingerprint density at radius 3 is 2.44 bits per heavy atom. The molecule has 6 nitrogen and oxygen atoms in total. The van der Waals surface area contributed by atoms with E-state index in [4.69, 9.17) is 9.57 Å². The first-order chi connectivity index (χ1) is 12.2. The molecule has 0 aliphatic carbocycles. The normalized spacial score (nSPS) is 15.0. The van der Waals surface area contributed by atoms with Crippen molar-refractivity contribution in [2.45, 2.75) is 19.1 Å². The minimum Gasteiger partial charge on any atom is -0.447 e. The molecule has 1 saturated heterocycles. The first-order valence-corrected chi connectivity index (χ1v) is 8.17. The van der Waals surface area contributed by atoms with E-state index in [1.807, 2.05) is 60.7 Å². The molecule has 1 heterocycles. The Bertz CT molecular complexity index is 706. The molecule has 2 aromatic rings. The zero-order valence-corrected chi connectivity index (χ0v) is 13.8. The molecule has 6 heteroatoms. The van der Waals surface area contributed by atoms with Crippen molar-refractivity contribution in [2.24, 2.45) is 0 Å². The van der Waals surface area contributed by atoms with Crippen LogP contribution in [0.3, 0.4) is 0 Å². The van der Waals surface area contributed by atoms with Gasteiger partial charge in [-0.25, -0.2) is 9.69 Å². The van der Waals surface area contributed by atoms with E-state index in [0.717, 1.165) is 16.0 Å². The van der Waals surface area contributed by atoms with Gasteiger partial charge in [0.05, 0.1) is 19.2 Å². The number of imide groups is 1. The second-order valence-electron chi connectivity index (χ2n) is 5.72. The maximum atomic E-state index is 12.4. The molecule has 3 rings (SSSR count). The predicted octanol–water partition coefficient (Wildman–Crippen LogP) is 2.82. The molecule has 2 aromatic carbocycles. The second kappa shape index (κ2) is 8.41. The molecule has 0 spiro atoms. The fraction of sp³-hybridized carbons (Fsp3) is 0.263. The lowest BCUT2D eigenvalue weighted by Gasteiger charge is -2.20. The highest BCUT2D eigenvalue weighted by molar-refractivity contribution is 5.93. The highest BCUT2D eigenvalue weighted by Gasteiger charge is 2.30. The molecule has 1 N–H and O–H groups in total. The molecule has 1 aliphatic rings. The summed E-state index contributed by atoms with van der Waals surface area (Å²) in [6.45, 7) is 0.923. The maximum Gasteiger partial charge on any atom is 0.416 e. The van der Waals surface area contributed by atoms with Gasteiger partial charge in [0.25, 0.3) is 0 Å². The number of carbonyl (C=O) groups excluding carboxylic acids is 2. The van der Waals surface area contributed by atoms with Crippen molar-refractivity contribution in [1.29, 1.82) is 0 Å². The minimum absolute atomic E-state index is 0.105. The lowest BCUT2D eigenvalue weighted by atomic mass is 10.0. The van der Waals surface area contributed by atoms with Crippen LogP contribution < -0.4 is 5.48 Å². The van der Waals surface area contributed by atoms with Crippen molar-refractivity contribution in [2.75, 3.05) is 13.2 Å². The Balaban J connectivity index is 1.63. The van der Waals surface area contributed by atoms with Crippen LogP contribution in [0.25, 0.3) is 0 Å². The number of carbonyl (C=O) groups is 2. The number of rotatable bonds is 7. The van der Waals surface area contributed by atoms with E-state index >= 15 is 0 Å². The third kappa shape index (κ3) is 4.65. The molecule has 130 valence electrons. The van der Waals surface area contributed by atoms with Gasteiger partial charge in [-0.15, -0.1) is 0 Å². The van der Waals surface area contributed by atoms with E-state index < -0.39 is 6.09 Å². The van der Waals surface area contributed by atoms with E-state index in [1.165, 1.54) is 0 Å². The Morgan fingerprint density at radius 2 is 1.80 bits per heavy atom. The third-order valence-electron chi connectivity index (χ3n) is 3.95. The summed E-state index contributed by atoms with van der Waals surface area (Å²) < 4.78 is 4.83. The Hall–Kier alpha value is -2.70. The highest BCUT2D eigenvalue weighted by atomic mass is 16.6. The zero-order valence-electron chi connectivity index (χ0n) is 13.8. The number of amides is 2. The van der Waals surface area contributed by atoms with Gasteiger partial charge in [0, 0.05) is 6.42 Å². The summed E-state index contributed by atoms with van der Waals surface area (Å²) in [6, 6.07) is 18.9. The number of benzene rings is 2. The summed E-state index contributed by atoms with van der Waals surface area (Å²) in [5.41, 5.74) is 4.89. The standard InChI is InChI=1S/C19H20N2O4/c22-18(21-11-12-24-19(21)23)13-17(16-9-5-2-6-10-16)20-25-14-15-7-3-1-4-8-15/h1-10,17,20H,11-14H2. The van der Waals surface area contributed by atoms with Crippen LogP contribution in [-0.4, -0.2) is 30.1 Å². The minimum atomic E-state index is -0.581. The van der Waals surface area contributed by atoms with Gasteiger partial charge in [0.15, 0.2) is 0 Å². The van der Waals surface area contributed by atoms with Crippen molar-refractivity contribution >= 4 is 12.0 Å². The van der Waals surface area contributed by atoms with Gasteiger partial charge in [0.1, 0.15) is 6.61 Å². The second-order valence-corrected chi connectivity index (χ2v) is 5.72. The van der Waals surface area contributed by atoms with Gasteiger partial charge >= 0.3 is 6.09 Å². The molecule has 25 heavy (non-hydrogen) atoms. The van der Waals surface area contributed by atoms with Crippen LogP contribution in [-0.2, 0) is 21.0 Å². The SMILES string of the molecule is O=C(CC(NOCc1ccccc1)c1ccccc1)N1CCOC1=O. The van der Waals surface area contributed by atoms with Gasteiger partial charge in [0.2, 0.25) is 5.91 Å². The van der Waals surface area contributed by atoms with Crippen LogP contribution in [0.4, 0.5) is 4.79 Å². The number of ether oxygens (including phenoxy) is 1. The topological polar surface area (TPSA) is 67.9 Å². The van der Waals surface area contributed by atoms with Crippen molar-refractivity contribution in [3.05, 3.63) is 71.8 Å². The van der Waals surface area contributed by atoms with E-state index in [9.17, 15) is 9.59 Å². The number of hydrogen-bond donors (Lipinski definition) is 1. The van der Waals surface area contributed by atoms with Crippen LogP contribution in [0, 0.1) is 0 Å². The molecule has 0 bridgehead atoms. The molecule has 1 aliphatic heterocycles. The summed E-state index contributed by atoms with van der Waals surface area (Å²) in [7, 11) is 0.